The zero-order chi connectivity index (χ0) is 14.4. The number of hydrazine groups is 1. The number of halogens is 1. The lowest BCUT2D eigenvalue weighted by Crippen LogP contribution is -2.45. The third-order valence-corrected chi connectivity index (χ3v) is 5.71. The van der Waals surface area contributed by atoms with Gasteiger partial charge in [0, 0.05) is 21.7 Å². The average molecular weight is 347 g/mol. The van der Waals surface area contributed by atoms with Gasteiger partial charge in [-0.15, -0.1) is 0 Å². The smallest absolute Gasteiger partial charge is 0.269 e. The van der Waals surface area contributed by atoms with E-state index in [0.29, 0.717) is 11.5 Å². The second-order valence-corrected chi connectivity index (χ2v) is 7.56. The molecule has 4 aliphatic rings. The largest absolute Gasteiger partial charge is 0.302 e. The minimum absolute atomic E-state index is 0.0654. The monoisotopic (exact) mass is 346 g/mol. The number of carbonyl (C=O) groups is 1. The van der Waals surface area contributed by atoms with Crippen molar-refractivity contribution in [2.75, 3.05) is 0 Å². The average Bonchev–Trinajstić information content (AvgIpc) is 2.46. The lowest BCUT2D eigenvalue weighted by atomic mass is 9.60. The van der Waals surface area contributed by atoms with Crippen LogP contribution in [-0.4, -0.2) is 5.91 Å². The number of carbonyl (C=O) groups excluding carboxylic acids is 1. The van der Waals surface area contributed by atoms with Gasteiger partial charge < -0.3 is 5.43 Å². The van der Waals surface area contributed by atoms with Crippen molar-refractivity contribution in [3.05, 3.63) is 45.6 Å². The summed E-state index contributed by atoms with van der Waals surface area (Å²) in [4.78, 5) is 12.2. The maximum absolute atomic E-state index is 12.2. The van der Waals surface area contributed by atoms with E-state index in [0.717, 1.165) is 16.3 Å². The van der Waals surface area contributed by atoms with Crippen LogP contribution in [0.4, 0.5) is 0 Å². The summed E-state index contributed by atoms with van der Waals surface area (Å²) in [5, 5.41) is 0. The van der Waals surface area contributed by atoms with Gasteiger partial charge in [-0.1, -0.05) is 15.9 Å². The molecule has 4 bridgehead atoms. The normalized spacial score (nSPS) is 29.7. The van der Waals surface area contributed by atoms with Crippen molar-refractivity contribution in [2.45, 2.75) is 32.1 Å². The molecule has 0 aliphatic heterocycles. The second-order valence-electron chi connectivity index (χ2n) is 6.65. The quantitative estimate of drug-likeness (QED) is 0.817. The lowest BCUT2D eigenvalue weighted by molar-refractivity contribution is 0.0925. The van der Waals surface area contributed by atoms with Gasteiger partial charge >= 0.3 is 0 Å². The third kappa shape index (κ3) is 2.50. The fourth-order valence-corrected chi connectivity index (χ4v) is 4.68. The summed E-state index contributed by atoms with van der Waals surface area (Å²) in [6.07, 6.45) is 6.51. The lowest BCUT2D eigenvalue weighted by Gasteiger charge is -2.47. The fraction of sp³-hybridized carbons (Fsp3) is 0.471. The van der Waals surface area contributed by atoms with Crippen LogP contribution in [0.1, 0.15) is 42.5 Å². The van der Waals surface area contributed by atoms with Crippen molar-refractivity contribution in [1.82, 2.24) is 10.9 Å². The van der Waals surface area contributed by atoms with Crippen molar-refractivity contribution < 1.29 is 4.79 Å². The first-order valence-electron chi connectivity index (χ1n) is 7.73. The first-order chi connectivity index (χ1) is 10.2. The molecule has 21 heavy (non-hydrogen) atoms. The third-order valence-electron chi connectivity index (χ3n) is 5.18. The first kappa shape index (κ1) is 13.4. The Hall–Kier alpha value is -1.29. The van der Waals surface area contributed by atoms with Crippen LogP contribution in [0.25, 0.3) is 0 Å². The standard InChI is InChI=1S/C17H19BrN2O/c18-15-3-1-12(2-4-15)17(21)20-19-16-13-6-10-5-11(8-13)9-14(16)7-10/h1-4,10-11,13,19H,5-9H2,(H,20,21). The van der Waals surface area contributed by atoms with E-state index in [1.165, 1.54) is 37.8 Å². The number of nitrogens with one attached hydrogen (secondary N) is 2. The summed E-state index contributed by atoms with van der Waals surface area (Å²) < 4.78 is 0.984. The Morgan fingerprint density at radius 2 is 1.71 bits per heavy atom. The number of hydrogen-bond acceptors (Lipinski definition) is 2. The summed E-state index contributed by atoms with van der Waals surface area (Å²) in [5.41, 5.74) is 9.69. The van der Waals surface area contributed by atoms with Gasteiger partial charge in [0.2, 0.25) is 0 Å². The van der Waals surface area contributed by atoms with Gasteiger partial charge in [0.25, 0.3) is 5.91 Å². The molecular formula is C17H19BrN2O. The zero-order valence-corrected chi connectivity index (χ0v) is 13.4. The van der Waals surface area contributed by atoms with E-state index in [1.807, 2.05) is 24.3 Å². The van der Waals surface area contributed by atoms with Gasteiger partial charge in [0.05, 0.1) is 0 Å². The first-order valence-corrected chi connectivity index (χ1v) is 8.52. The molecule has 4 heteroatoms. The van der Waals surface area contributed by atoms with Crippen LogP contribution in [0.5, 0.6) is 0 Å². The van der Waals surface area contributed by atoms with E-state index in [9.17, 15) is 4.79 Å². The fourth-order valence-electron chi connectivity index (χ4n) is 4.41. The van der Waals surface area contributed by atoms with Crippen LogP contribution in [0.3, 0.4) is 0 Å². The van der Waals surface area contributed by atoms with E-state index < -0.39 is 0 Å². The zero-order valence-electron chi connectivity index (χ0n) is 11.9. The second kappa shape index (κ2) is 5.16. The highest BCUT2D eigenvalue weighted by Crippen LogP contribution is 2.52. The molecule has 2 N–H and O–H groups in total. The minimum atomic E-state index is -0.0654. The summed E-state index contributed by atoms with van der Waals surface area (Å²) in [6, 6.07) is 7.44. The summed E-state index contributed by atoms with van der Waals surface area (Å²) in [6.45, 7) is 0. The highest BCUT2D eigenvalue weighted by atomic mass is 79.9. The van der Waals surface area contributed by atoms with Crippen LogP contribution in [0.15, 0.2) is 40.0 Å². The molecule has 2 saturated carbocycles. The van der Waals surface area contributed by atoms with E-state index in [4.69, 9.17) is 0 Å². The summed E-state index contributed by atoms with van der Waals surface area (Å²) in [7, 11) is 0. The van der Waals surface area contributed by atoms with Gasteiger partial charge in [0.1, 0.15) is 0 Å². The van der Waals surface area contributed by atoms with Gasteiger partial charge in [-0.3, -0.25) is 10.2 Å². The topological polar surface area (TPSA) is 41.1 Å². The number of hydrogen-bond donors (Lipinski definition) is 2. The molecule has 5 rings (SSSR count). The molecule has 1 aromatic rings. The molecule has 0 spiro atoms. The number of allylic oxidation sites excluding steroid dienone is 2. The Labute approximate surface area is 133 Å². The highest BCUT2D eigenvalue weighted by Gasteiger charge is 2.41. The van der Waals surface area contributed by atoms with Gasteiger partial charge in [-0.05, 0) is 73.8 Å². The Morgan fingerprint density at radius 3 is 2.33 bits per heavy atom. The number of amides is 1. The van der Waals surface area contributed by atoms with Gasteiger partial charge in [0.15, 0.2) is 0 Å². The molecule has 0 radical (unpaired) electrons. The maximum Gasteiger partial charge on any atom is 0.269 e. The van der Waals surface area contributed by atoms with E-state index in [2.05, 4.69) is 26.8 Å². The predicted octanol–water partition coefficient (Wildman–Crippen LogP) is 3.78. The molecule has 2 fully saturated rings. The molecule has 110 valence electrons. The van der Waals surface area contributed by atoms with Crippen molar-refractivity contribution in [3.8, 4) is 0 Å². The SMILES string of the molecule is O=C(NNC1=C2CC3CC(C2)CC1C3)c1ccc(Br)cc1. The van der Waals surface area contributed by atoms with E-state index in [1.54, 1.807) is 5.57 Å². The van der Waals surface area contributed by atoms with Crippen LogP contribution in [-0.2, 0) is 0 Å². The van der Waals surface area contributed by atoms with Crippen molar-refractivity contribution in [2.24, 2.45) is 17.8 Å². The van der Waals surface area contributed by atoms with E-state index >= 15 is 0 Å². The molecule has 0 heterocycles. The van der Waals surface area contributed by atoms with Crippen LogP contribution in [0.2, 0.25) is 0 Å². The Morgan fingerprint density at radius 1 is 1.05 bits per heavy atom. The number of rotatable bonds is 3. The molecule has 1 amide bonds. The molecular weight excluding hydrogens is 328 g/mol. The Bertz CT molecular complexity index is 592. The Kier molecular flexibility index (Phi) is 3.29. The Balaban J connectivity index is 1.45. The molecule has 0 aromatic heterocycles. The highest BCUT2D eigenvalue weighted by molar-refractivity contribution is 9.10. The van der Waals surface area contributed by atoms with Crippen molar-refractivity contribution >= 4 is 21.8 Å². The van der Waals surface area contributed by atoms with Gasteiger partial charge in [-0.25, -0.2) is 0 Å². The minimum Gasteiger partial charge on any atom is -0.302 e. The summed E-state index contributed by atoms with van der Waals surface area (Å²) >= 11 is 3.38. The van der Waals surface area contributed by atoms with Crippen LogP contribution < -0.4 is 10.9 Å². The van der Waals surface area contributed by atoms with Crippen molar-refractivity contribution in [1.29, 1.82) is 0 Å². The van der Waals surface area contributed by atoms with Crippen molar-refractivity contribution in [3.63, 3.8) is 0 Å². The summed E-state index contributed by atoms with van der Waals surface area (Å²) in [5.74, 6) is 2.40. The van der Waals surface area contributed by atoms with E-state index in [-0.39, 0.29) is 5.91 Å². The van der Waals surface area contributed by atoms with Gasteiger partial charge in [-0.2, -0.15) is 0 Å². The van der Waals surface area contributed by atoms with Crippen LogP contribution in [0, 0.1) is 17.8 Å². The molecule has 1 aromatic carbocycles. The molecule has 0 saturated heterocycles. The molecule has 2 atom stereocenters. The van der Waals surface area contributed by atoms with Crippen LogP contribution >= 0.6 is 15.9 Å². The predicted molar refractivity (Wildman–Crippen MR) is 85.3 cm³/mol. The molecule has 3 nitrogen and oxygen atoms in total. The maximum atomic E-state index is 12.2. The molecule has 4 aliphatic carbocycles. The molecule has 2 unspecified atom stereocenters. The number of benzene rings is 1.